The van der Waals surface area contributed by atoms with Gasteiger partial charge in [0.1, 0.15) is 12.4 Å². The van der Waals surface area contributed by atoms with Crippen LogP contribution in [0.25, 0.3) is 0 Å². The molecule has 0 spiro atoms. The molecule has 80 valence electrons. The molecule has 0 amide bonds. The van der Waals surface area contributed by atoms with Gasteiger partial charge in [-0.15, -0.1) is 10.2 Å². The Morgan fingerprint density at radius 1 is 1.67 bits per heavy atom. The fourth-order valence-corrected chi connectivity index (χ4v) is 1.53. The van der Waals surface area contributed by atoms with E-state index < -0.39 is 12.0 Å². The Bertz CT molecular complexity index is 352. The highest BCUT2D eigenvalue weighted by molar-refractivity contribution is 5.77. The van der Waals surface area contributed by atoms with Crippen molar-refractivity contribution in [1.29, 1.82) is 0 Å². The number of rotatable bonds is 4. The molecule has 6 heteroatoms. The molecule has 1 aliphatic carbocycles. The van der Waals surface area contributed by atoms with Crippen LogP contribution in [0, 0.1) is 0 Å². The fraction of sp³-hybridized carbons (Fsp3) is 0.556. The molecule has 1 aromatic rings. The van der Waals surface area contributed by atoms with E-state index in [1.807, 2.05) is 0 Å². The van der Waals surface area contributed by atoms with Crippen LogP contribution >= 0.6 is 0 Å². The average molecular weight is 208 g/mol. The number of aliphatic carboxylic acids is 1. The number of carboxylic acids is 1. The molecule has 1 aliphatic rings. The van der Waals surface area contributed by atoms with E-state index in [9.17, 15) is 4.79 Å². The second kappa shape index (κ2) is 3.80. The first-order valence-electron chi connectivity index (χ1n) is 4.84. The van der Waals surface area contributed by atoms with Crippen molar-refractivity contribution in [2.75, 3.05) is 4.90 Å². The minimum absolute atomic E-state index is 0.273. The van der Waals surface area contributed by atoms with Crippen molar-refractivity contribution in [3.05, 3.63) is 12.5 Å². The van der Waals surface area contributed by atoms with E-state index in [4.69, 9.17) is 5.11 Å². The zero-order valence-corrected chi connectivity index (χ0v) is 8.37. The third-order valence-electron chi connectivity index (χ3n) is 2.45. The van der Waals surface area contributed by atoms with Crippen molar-refractivity contribution >= 4 is 11.8 Å². The monoisotopic (exact) mass is 208 g/mol. The standard InChI is InChI=1S/C9H12N4O2/c1-6(9(14)15)13(7-2-3-7)8-4-10-5-11-12-8/h4-7H,2-3H2,1H3,(H,14,15). The molecule has 1 fully saturated rings. The van der Waals surface area contributed by atoms with E-state index in [2.05, 4.69) is 15.2 Å². The van der Waals surface area contributed by atoms with Crippen molar-refractivity contribution in [2.45, 2.75) is 31.8 Å². The van der Waals surface area contributed by atoms with Gasteiger partial charge in [0.2, 0.25) is 0 Å². The quantitative estimate of drug-likeness (QED) is 0.767. The first-order chi connectivity index (χ1) is 7.20. The molecule has 1 saturated carbocycles. The molecule has 1 N–H and O–H groups in total. The first kappa shape index (κ1) is 9.82. The van der Waals surface area contributed by atoms with Crippen LogP contribution in [0.1, 0.15) is 19.8 Å². The lowest BCUT2D eigenvalue weighted by molar-refractivity contribution is -0.138. The maximum atomic E-state index is 10.9. The van der Waals surface area contributed by atoms with Gasteiger partial charge in [-0.2, -0.15) is 0 Å². The molecule has 0 radical (unpaired) electrons. The highest BCUT2D eigenvalue weighted by atomic mass is 16.4. The van der Waals surface area contributed by atoms with Crippen LogP contribution in [0.15, 0.2) is 12.5 Å². The van der Waals surface area contributed by atoms with Gasteiger partial charge in [0.15, 0.2) is 5.82 Å². The van der Waals surface area contributed by atoms with Crippen molar-refractivity contribution < 1.29 is 9.90 Å². The minimum atomic E-state index is -0.854. The van der Waals surface area contributed by atoms with Gasteiger partial charge in [-0.05, 0) is 19.8 Å². The van der Waals surface area contributed by atoms with Gasteiger partial charge in [-0.25, -0.2) is 9.78 Å². The summed E-state index contributed by atoms with van der Waals surface area (Å²) in [6.07, 6.45) is 4.90. The fourth-order valence-electron chi connectivity index (χ4n) is 1.53. The number of hydrogen-bond donors (Lipinski definition) is 1. The predicted molar refractivity (Wildman–Crippen MR) is 52.4 cm³/mol. The number of hydrogen-bond acceptors (Lipinski definition) is 5. The molecule has 0 aliphatic heterocycles. The van der Waals surface area contributed by atoms with E-state index in [1.165, 1.54) is 6.33 Å². The van der Waals surface area contributed by atoms with E-state index in [0.29, 0.717) is 5.82 Å². The predicted octanol–water partition coefficient (Wildman–Crippen LogP) is 0.314. The Hall–Kier alpha value is -1.72. The number of aromatic nitrogens is 3. The summed E-state index contributed by atoms with van der Waals surface area (Å²) in [4.78, 5) is 16.6. The highest BCUT2D eigenvalue weighted by Crippen LogP contribution is 2.31. The topological polar surface area (TPSA) is 79.2 Å². The summed E-state index contributed by atoms with van der Waals surface area (Å²) >= 11 is 0. The van der Waals surface area contributed by atoms with Gasteiger partial charge < -0.3 is 10.0 Å². The van der Waals surface area contributed by atoms with Crippen LogP contribution in [-0.2, 0) is 4.79 Å². The second-order valence-corrected chi connectivity index (χ2v) is 3.62. The van der Waals surface area contributed by atoms with Crippen LogP contribution < -0.4 is 4.90 Å². The highest BCUT2D eigenvalue weighted by Gasteiger charge is 2.36. The zero-order chi connectivity index (χ0) is 10.8. The number of anilines is 1. The van der Waals surface area contributed by atoms with Gasteiger partial charge in [0, 0.05) is 6.04 Å². The summed E-state index contributed by atoms with van der Waals surface area (Å²) in [5, 5.41) is 16.5. The summed E-state index contributed by atoms with van der Waals surface area (Å²) in [5.41, 5.74) is 0. The normalized spacial score (nSPS) is 17.1. The largest absolute Gasteiger partial charge is 0.480 e. The SMILES string of the molecule is CC(C(=O)O)N(c1cncnn1)C1CC1. The third kappa shape index (κ3) is 2.03. The molecule has 1 atom stereocenters. The molecule has 1 unspecified atom stereocenters. The Morgan fingerprint density at radius 2 is 2.40 bits per heavy atom. The average Bonchev–Trinajstić information content (AvgIpc) is 3.04. The molecule has 15 heavy (non-hydrogen) atoms. The molecule has 0 aromatic carbocycles. The van der Waals surface area contributed by atoms with E-state index in [0.717, 1.165) is 12.8 Å². The third-order valence-corrected chi connectivity index (χ3v) is 2.45. The molecule has 6 nitrogen and oxygen atoms in total. The molecule has 0 bridgehead atoms. The van der Waals surface area contributed by atoms with Gasteiger partial charge in [-0.3, -0.25) is 0 Å². The first-order valence-corrected chi connectivity index (χ1v) is 4.84. The Kier molecular flexibility index (Phi) is 2.49. The lowest BCUT2D eigenvalue weighted by Gasteiger charge is -2.26. The van der Waals surface area contributed by atoms with Crippen LogP contribution in [0.5, 0.6) is 0 Å². The summed E-state index contributed by atoms with van der Waals surface area (Å²) in [5.74, 6) is -0.317. The minimum Gasteiger partial charge on any atom is -0.480 e. The van der Waals surface area contributed by atoms with Gasteiger partial charge in [0.25, 0.3) is 0 Å². The summed E-state index contributed by atoms with van der Waals surface area (Å²) < 4.78 is 0. The van der Waals surface area contributed by atoms with Gasteiger partial charge in [-0.1, -0.05) is 0 Å². The molecular formula is C9H12N4O2. The van der Waals surface area contributed by atoms with E-state index >= 15 is 0 Å². The van der Waals surface area contributed by atoms with Crippen molar-refractivity contribution in [3.63, 3.8) is 0 Å². The number of carboxylic acid groups (broad SMARTS) is 1. The molecule has 1 heterocycles. The summed E-state index contributed by atoms with van der Waals surface area (Å²) in [6, 6.07) is -0.314. The Morgan fingerprint density at radius 3 is 2.87 bits per heavy atom. The Balaban J connectivity index is 2.24. The van der Waals surface area contributed by atoms with Gasteiger partial charge in [0.05, 0.1) is 6.20 Å². The summed E-state index contributed by atoms with van der Waals surface area (Å²) in [7, 11) is 0. The maximum Gasteiger partial charge on any atom is 0.326 e. The lowest BCUT2D eigenvalue weighted by Crippen LogP contribution is -2.41. The van der Waals surface area contributed by atoms with Crippen molar-refractivity contribution in [1.82, 2.24) is 15.2 Å². The van der Waals surface area contributed by atoms with Crippen molar-refractivity contribution in [2.24, 2.45) is 0 Å². The maximum absolute atomic E-state index is 10.9. The lowest BCUT2D eigenvalue weighted by atomic mass is 10.3. The molecule has 1 aromatic heterocycles. The number of carbonyl (C=O) groups is 1. The number of nitrogens with zero attached hydrogens (tertiary/aromatic N) is 4. The Labute approximate surface area is 87.0 Å². The van der Waals surface area contributed by atoms with Crippen LogP contribution in [0.3, 0.4) is 0 Å². The van der Waals surface area contributed by atoms with Crippen LogP contribution in [-0.4, -0.2) is 38.3 Å². The van der Waals surface area contributed by atoms with E-state index in [-0.39, 0.29) is 6.04 Å². The van der Waals surface area contributed by atoms with E-state index in [1.54, 1.807) is 18.0 Å². The smallest absolute Gasteiger partial charge is 0.326 e. The summed E-state index contributed by atoms with van der Waals surface area (Å²) in [6.45, 7) is 1.65. The molecule has 0 saturated heterocycles. The molecular weight excluding hydrogens is 196 g/mol. The zero-order valence-electron chi connectivity index (χ0n) is 8.37. The van der Waals surface area contributed by atoms with Crippen LogP contribution in [0.4, 0.5) is 5.82 Å². The van der Waals surface area contributed by atoms with Gasteiger partial charge >= 0.3 is 5.97 Å². The van der Waals surface area contributed by atoms with Crippen LogP contribution in [0.2, 0.25) is 0 Å². The molecule has 2 rings (SSSR count). The second-order valence-electron chi connectivity index (χ2n) is 3.62. The van der Waals surface area contributed by atoms with Crippen molar-refractivity contribution in [3.8, 4) is 0 Å².